The summed E-state index contributed by atoms with van der Waals surface area (Å²) >= 11 is 0. The highest BCUT2D eigenvalue weighted by Crippen LogP contribution is 2.21. The number of carbonyl (C=O) groups excluding carboxylic acids is 1. The predicted octanol–water partition coefficient (Wildman–Crippen LogP) is 3.40. The van der Waals surface area contributed by atoms with Crippen LogP contribution in [0.5, 0.6) is 0 Å². The second kappa shape index (κ2) is 7.64. The Morgan fingerprint density at radius 1 is 1.35 bits per heavy atom. The van der Waals surface area contributed by atoms with Gasteiger partial charge < -0.3 is 15.4 Å². The molecule has 2 rings (SSSR count). The van der Waals surface area contributed by atoms with Gasteiger partial charge in [-0.15, -0.1) is 0 Å². The number of aliphatic hydroxyl groups is 1. The fraction of sp³-hybridized carbons (Fsp3) is 0.526. The van der Waals surface area contributed by atoms with Gasteiger partial charge in [0.25, 0.3) is 0 Å². The van der Waals surface area contributed by atoms with Crippen molar-refractivity contribution in [3.05, 3.63) is 36.0 Å². The van der Waals surface area contributed by atoms with E-state index in [1.165, 1.54) is 10.9 Å². The summed E-state index contributed by atoms with van der Waals surface area (Å²) in [6, 6.07) is 8.23. The largest absolute Gasteiger partial charge is 0.393 e. The number of aromatic amines is 1. The molecule has 1 unspecified atom stereocenters. The molecule has 4 nitrogen and oxygen atoms in total. The first-order valence-corrected chi connectivity index (χ1v) is 8.37. The molecule has 0 bridgehead atoms. The molecule has 1 heterocycles. The second-order valence-corrected chi connectivity index (χ2v) is 7.21. The first-order valence-electron chi connectivity index (χ1n) is 8.37. The lowest BCUT2D eigenvalue weighted by Gasteiger charge is -2.26. The number of H-pyrrole nitrogens is 1. The van der Waals surface area contributed by atoms with Crippen LogP contribution in [0.2, 0.25) is 0 Å². The van der Waals surface area contributed by atoms with E-state index in [1.54, 1.807) is 6.92 Å². The van der Waals surface area contributed by atoms with E-state index < -0.39 is 0 Å². The molecule has 1 amide bonds. The van der Waals surface area contributed by atoms with E-state index in [0.717, 1.165) is 18.4 Å². The third-order valence-corrected chi connectivity index (χ3v) is 4.14. The number of carbonyl (C=O) groups is 1. The zero-order chi connectivity index (χ0) is 16.9. The predicted molar refractivity (Wildman–Crippen MR) is 94.3 cm³/mol. The number of hydrogen-bond acceptors (Lipinski definition) is 2. The quantitative estimate of drug-likeness (QED) is 0.699. The van der Waals surface area contributed by atoms with Gasteiger partial charge in [-0.25, -0.2) is 0 Å². The third kappa shape index (κ3) is 5.39. The van der Waals surface area contributed by atoms with Crippen molar-refractivity contribution in [1.82, 2.24) is 10.3 Å². The van der Waals surface area contributed by atoms with E-state index in [1.807, 2.05) is 18.3 Å². The Hall–Kier alpha value is -1.81. The minimum Gasteiger partial charge on any atom is -0.393 e. The molecule has 0 spiro atoms. The van der Waals surface area contributed by atoms with Gasteiger partial charge in [0, 0.05) is 30.1 Å². The molecule has 1 aromatic heterocycles. The van der Waals surface area contributed by atoms with Crippen molar-refractivity contribution in [2.45, 2.75) is 52.6 Å². The Labute approximate surface area is 138 Å². The second-order valence-electron chi connectivity index (χ2n) is 7.21. The van der Waals surface area contributed by atoms with Crippen LogP contribution in [0.25, 0.3) is 10.9 Å². The van der Waals surface area contributed by atoms with E-state index in [-0.39, 0.29) is 17.4 Å². The lowest BCUT2D eigenvalue weighted by atomic mass is 9.87. The SMILES string of the molecule is CC(O)CC(C)(C)CNC(=O)CCCc1c[nH]c2ccccc12. The molecule has 0 radical (unpaired) electrons. The molecule has 3 N–H and O–H groups in total. The summed E-state index contributed by atoms with van der Waals surface area (Å²) in [5.41, 5.74) is 2.33. The van der Waals surface area contributed by atoms with E-state index in [9.17, 15) is 9.90 Å². The molecule has 0 fully saturated rings. The number of rotatable bonds is 8. The van der Waals surface area contributed by atoms with E-state index in [2.05, 4.69) is 36.3 Å². The number of benzene rings is 1. The zero-order valence-corrected chi connectivity index (χ0v) is 14.4. The van der Waals surface area contributed by atoms with Crippen molar-refractivity contribution in [2.24, 2.45) is 5.41 Å². The maximum absolute atomic E-state index is 12.0. The molecule has 1 aromatic carbocycles. The van der Waals surface area contributed by atoms with Gasteiger partial charge >= 0.3 is 0 Å². The highest BCUT2D eigenvalue weighted by molar-refractivity contribution is 5.83. The van der Waals surface area contributed by atoms with Gasteiger partial charge in [0.05, 0.1) is 6.10 Å². The highest BCUT2D eigenvalue weighted by atomic mass is 16.3. The van der Waals surface area contributed by atoms with Crippen LogP contribution in [-0.2, 0) is 11.2 Å². The summed E-state index contributed by atoms with van der Waals surface area (Å²) in [7, 11) is 0. The lowest BCUT2D eigenvalue weighted by molar-refractivity contribution is -0.121. The molecule has 0 saturated heterocycles. The molecular formula is C19H28N2O2. The molecule has 0 aliphatic rings. The third-order valence-electron chi connectivity index (χ3n) is 4.14. The molecule has 0 aliphatic carbocycles. The van der Waals surface area contributed by atoms with Gasteiger partial charge in [-0.2, -0.15) is 0 Å². The van der Waals surface area contributed by atoms with Gasteiger partial charge in [0.1, 0.15) is 0 Å². The summed E-state index contributed by atoms with van der Waals surface area (Å²) in [4.78, 5) is 15.3. The molecule has 1 atom stereocenters. The Morgan fingerprint density at radius 2 is 2.09 bits per heavy atom. The lowest BCUT2D eigenvalue weighted by Crippen LogP contribution is -2.35. The number of aryl methyl sites for hydroxylation is 1. The van der Waals surface area contributed by atoms with Crippen LogP contribution >= 0.6 is 0 Å². The number of aromatic nitrogens is 1. The smallest absolute Gasteiger partial charge is 0.220 e. The normalized spacial score (nSPS) is 13.2. The summed E-state index contributed by atoms with van der Waals surface area (Å²) in [6.07, 6.45) is 4.64. The van der Waals surface area contributed by atoms with Gasteiger partial charge in [0.15, 0.2) is 0 Å². The number of aliphatic hydroxyl groups excluding tert-OH is 1. The Kier molecular flexibility index (Phi) is 5.83. The average molecular weight is 316 g/mol. The molecule has 0 saturated carbocycles. The van der Waals surface area contributed by atoms with Crippen LogP contribution in [0.1, 0.15) is 45.6 Å². The first-order chi connectivity index (χ1) is 10.9. The van der Waals surface area contributed by atoms with Gasteiger partial charge in [-0.05, 0) is 43.2 Å². The summed E-state index contributed by atoms with van der Waals surface area (Å²) in [6.45, 7) is 6.51. The molecule has 126 valence electrons. The minimum atomic E-state index is -0.344. The molecule has 23 heavy (non-hydrogen) atoms. The number of para-hydroxylation sites is 1. The van der Waals surface area contributed by atoms with Gasteiger partial charge in [-0.1, -0.05) is 32.0 Å². The standard InChI is InChI=1S/C19H28N2O2/c1-14(22)11-19(2,3)13-21-18(23)10-6-7-15-12-20-17-9-5-4-8-16(15)17/h4-5,8-9,12,14,20,22H,6-7,10-11,13H2,1-3H3,(H,21,23). The van der Waals surface area contributed by atoms with Crippen molar-refractivity contribution >= 4 is 16.8 Å². The summed E-state index contributed by atoms with van der Waals surface area (Å²) in [5.74, 6) is 0.0866. The van der Waals surface area contributed by atoms with Crippen LogP contribution in [0.15, 0.2) is 30.5 Å². The fourth-order valence-corrected chi connectivity index (χ4v) is 3.08. The topological polar surface area (TPSA) is 65.1 Å². The summed E-state index contributed by atoms with van der Waals surface area (Å²) < 4.78 is 0. The first kappa shape index (κ1) is 17.5. The van der Waals surface area contributed by atoms with Crippen LogP contribution in [0.4, 0.5) is 0 Å². The number of amides is 1. The Morgan fingerprint density at radius 3 is 2.83 bits per heavy atom. The molecular weight excluding hydrogens is 288 g/mol. The van der Waals surface area contributed by atoms with E-state index in [0.29, 0.717) is 19.4 Å². The molecule has 4 heteroatoms. The number of hydrogen-bond donors (Lipinski definition) is 3. The minimum absolute atomic E-state index is 0.0827. The van der Waals surface area contributed by atoms with Crippen molar-refractivity contribution < 1.29 is 9.90 Å². The van der Waals surface area contributed by atoms with Crippen LogP contribution in [0.3, 0.4) is 0 Å². The number of nitrogens with one attached hydrogen (secondary N) is 2. The van der Waals surface area contributed by atoms with E-state index >= 15 is 0 Å². The van der Waals surface area contributed by atoms with Gasteiger partial charge in [-0.3, -0.25) is 4.79 Å². The zero-order valence-electron chi connectivity index (χ0n) is 14.4. The average Bonchev–Trinajstić information content (AvgIpc) is 2.88. The molecule has 0 aliphatic heterocycles. The maximum Gasteiger partial charge on any atom is 0.220 e. The van der Waals surface area contributed by atoms with Gasteiger partial charge in [0.2, 0.25) is 5.91 Å². The van der Waals surface area contributed by atoms with Crippen LogP contribution in [0, 0.1) is 5.41 Å². The molecule has 2 aromatic rings. The Balaban J connectivity index is 1.75. The Bertz CT molecular complexity index is 644. The van der Waals surface area contributed by atoms with Crippen LogP contribution in [-0.4, -0.2) is 28.6 Å². The van der Waals surface area contributed by atoms with E-state index in [4.69, 9.17) is 0 Å². The van der Waals surface area contributed by atoms with Crippen LogP contribution < -0.4 is 5.32 Å². The van der Waals surface area contributed by atoms with Crippen molar-refractivity contribution in [3.8, 4) is 0 Å². The fourth-order valence-electron chi connectivity index (χ4n) is 3.08. The maximum atomic E-state index is 12.0. The summed E-state index contributed by atoms with van der Waals surface area (Å²) in [5, 5.41) is 13.7. The monoisotopic (exact) mass is 316 g/mol. The van der Waals surface area contributed by atoms with Crippen molar-refractivity contribution in [1.29, 1.82) is 0 Å². The highest BCUT2D eigenvalue weighted by Gasteiger charge is 2.20. The number of fused-ring (bicyclic) bond motifs is 1. The van der Waals surface area contributed by atoms with Crippen molar-refractivity contribution in [3.63, 3.8) is 0 Å². The van der Waals surface area contributed by atoms with Crippen molar-refractivity contribution in [2.75, 3.05) is 6.54 Å².